The number of para-hydroxylation sites is 2. The van der Waals surface area contributed by atoms with E-state index in [2.05, 4.69) is 5.32 Å². The van der Waals surface area contributed by atoms with Crippen molar-refractivity contribution in [1.82, 2.24) is 0 Å². The van der Waals surface area contributed by atoms with Crippen LogP contribution in [-0.4, -0.2) is 4.89 Å². The number of rotatable bonds is 0. The predicted octanol–water partition coefficient (Wildman–Crippen LogP) is 1.96. The van der Waals surface area contributed by atoms with Gasteiger partial charge in [-0.25, -0.2) is 0 Å². The first-order chi connectivity index (χ1) is 7.69. The van der Waals surface area contributed by atoms with Gasteiger partial charge >= 0.3 is 0 Å². The monoisotopic (exact) mass is 231 g/mol. The van der Waals surface area contributed by atoms with E-state index < -0.39 is 7.37 Å². The summed E-state index contributed by atoms with van der Waals surface area (Å²) in [7, 11) is -3.43. The van der Waals surface area contributed by atoms with E-state index in [1.54, 1.807) is 24.3 Å². The minimum absolute atomic E-state index is 0.480. The first kappa shape index (κ1) is 9.64. The molecule has 0 aliphatic carbocycles. The van der Waals surface area contributed by atoms with Gasteiger partial charge in [0.2, 0.25) is 0 Å². The number of nitrogens with one attached hydrogen (secondary N) is 1. The SMILES string of the molecule is O=P1(O)c2ccccc2Nc2ccccc21. The molecule has 0 aromatic heterocycles. The molecule has 0 atom stereocenters. The van der Waals surface area contributed by atoms with Crippen LogP contribution in [0, 0.1) is 0 Å². The second kappa shape index (κ2) is 3.21. The molecule has 0 saturated heterocycles. The van der Waals surface area contributed by atoms with Gasteiger partial charge in [0, 0.05) is 0 Å². The van der Waals surface area contributed by atoms with Crippen LogP contribution in [0.2, 0.25) is 0 Å². The highest BCUT2D eigenvalue weighted by molar-refractivity contribution is 7.74. The normalized spacial score (nSPS) is 15.8. The molecule has 3 nitrogen and oxygen atoms in total. The molecule has 80 valence electrons. The Morgan fingerprint density at radius 1 is 0.875 bits per heavy atom. The molecule has 0 amide bonds. The van der Waals surface area contributed by atoms with Gasteiger partial charge in [-0.3, -0.25) is 4.57 Å². The fourth-order valence-electron chi connectivity index (χ4n) is 1.96. The first-order valence-electron chi connectivity index (χ1n) is 4.98. The fraction of sp³-hybridized carbons (Fsp3) is 0. The minimum atomic E-state index is -3.43. The number of hydrogen-bond donors (Lipinski definition) is 2. The van der Waals surface area contributed by atoms with Crippen LogP contribution in [0.3, 0.4) is 0 Å². The van der Waals surface area contributed by atoms with Crippen LogP contribution < -0.4 is 15.9 Å². The van der Waals surface area contributed by atoms with Crippen molar-refractivity contribution in [2.45, 2.75) is 0 Å². The van der Waals surface area contributed by atoms with Crippen LogP contribution in [0.25, 0.3) is 0 Å². The highest BCUT2D eigenvalue weighted by atomic mass is 31.2. The van der Waals surface area contributed by atoms with Crippen molar-refractivity contribution in [2.75, 3.05) is 5.32 Å². The maximum Gasteiger partial charge on any atom is 0.262 e. The maximum atomic E-state index is 12.4. The van der Waals surface area contributed by atoms with Gasteiger partial charge in [0.1, 0.15) is 0 Å². The van der Waals surface area contributed by atoms with Crippen molar-refractivity contribution in [3.05, 3.63) is 48.5 Å². The van der Waals surface area contributed by atoms with Crippen LogP contribution >= 0.6 is 7.37 Å². The van der Waals surface area contributed by atoms with Crippen molar-refractivity contribution in [1.29, 1.82) is 0 Å². The quantitative estimate of drug-likeness (QED) is 0.681. The van der Waals surface area contributed by atoms with Gasteiger partial charge in [0.25, 0.3) is 7.37 Å². The molecule has 0 unspecified atom stereocenters. The smallest absolute Gasteiger partial charge is 0.262 e. The molecule has 0 spiro atoms. The highest BCUT2D eigenvalue weighted by Crippen LogP contribution is 2.46. The Balaban J connectivity index is 2.33. The summed E-state index contributed by atoms with van der Waals surface area (Å²) < 4.78 is 12.4. The number of hydrogen-bond acceptors (Lipinski definition) is 2. The molecule has 0 radical (unpaired) electrons. The van der Waals surface area contributed by atoms with E-state index in [9.17, 15) is 9.46 Å². The molecule has 0 bridgehead atoms. The van der Waals surface area contributed by atoms with Crippen molar-refractivity contribution in [2.24, 2.45) is 0 Å². The van der Waals surface area contributed by atoms with Crippen LogP contribution in [0.15, 0.2) is 48.5 Å². The molecule has 0 saturated carbocycles. The van der Waals surface area contributed by atoms with Crippen molar-refractivity contribution in [3.63, 3.8) is 0 Å². The summed E-state index contributed by atoms with van der Waals surface area (Å²) in [5.41, 5.74) is 1.43. The fourth-order valence-corrected chi connectivity index (χ4v) is 3.71. The molecule has 0 fully saturated rings. The number of fused-ring (bicyclic) bond motifs is 2. The molecule has 2 aromatic carbocycles. The number of benzene rings is 2. The van der Waals surface area contributed by atoms with Crippen LogP contribution in [0.1, 0.15) is 0 Å². The summed E-state index contributed by atoms with van der Waals surface area (Å²) in [5, 5.41) is 4.12. The van der Waals surface area contributed by atoms with Gasteiger partial charge < -0.3 is 10.2 Å². The molecule has 2 aromatic rings. The van der Waals surface area contributed by atoms with Crippen molar-refractivity contribution < 1.29 is 9.46 Å². The Morgan fingerprint density at radius 3 is 1.81 bits per heavy atom. The van der Waals surface area contributed by atoms with E-state index in [1.807, 2.05) is 24.3 Å². The Hall–Kier alpha value is -1.57. The summed E-state index contributed by atoms with van der Waals surface area (Å²) >= 11 is 0. The van der Waals surface area contributed by atoms with Crippen molar-refractivity contribution in [3.8, 4) is 0 Å². The maximum absolute atomic E-state index is 12.4. The second-order valence-electron chi connectivity index (χ2n) is 3.74. The van der Waals surface area contributed by atoms with Gasteiger partial charge in [-0.2, -0.15) is 0 Å². The zero-order valence-corrected chi connectivity index (χ0v) is 9.32. The Kier molecular flexibility index (Phi) is 1.93. The predicted molar refractivity (Wildman–Crippen MR) is 65.3 cm³/mol. The zero-order chi connectivity index (χ0) is 11.2. The van der Waals surface area contributed by atoms with E-state index in [1.165, 1.54) is 0 Å². The molecule has 1 heterocycles. The van der Waals surface area contributed by atoms with Crippen molar-refractivity contribution >= 4 is 29.4 Å². The molecule has 1 aliphatic heterocycles. The van der Waals surface area contributed by atoms with Gasteiger partial charge in [-0.05, 0) is 24.3 Å². The lowest BCUT2D eigenvalue weighted by Crippen LogP contribution is -2.26. The molecular formula is C12H10NO2P. The van der Waals surface area contributed by atoms with E-state index in [-0.39, 0.29) is 0 Å². The highest BCUT2D eigenvalue weighted by Gasteiger charge is 2.33. The van der Waals surface area contributed by atoms with Crippen LogP contribution in [0.5, 0.6) is 0 Å². The van der Waals surface area contributed by atoms with E-state index in [4.69, 9.17) is 0 Å². The average Bonchev–Trinajstić information content (AvgIpc) is 2.29. The Labute approximate surface area is 93.2 Å². The van der Waals surface area contributed by atoms with Crippen LogP contribution in [-0.2, 0) is 4.57 Å². The molecule has 1 aliphatic rings. The first-order valence-corrected chi connectivity index (χ1v) is 6.64. The summed E-state index contributed by atoms with van der Waals surface area (Å²) in [6.45, 7) is 0. The summed E-state index contributed by atoms with van der Waals surface area (Å²) in [6, 6.07) is 14.3. The third-order valence-electron chi connectivity index (χ3n) is 2.73. The molecule has 2 N–H and O–H groups in total. The van der Waals surface area contributed by atoms with E-state index in [0.29, 0.717) is 22.0 Å². The largest absolute Gasteiger partial charge is 0.354 e. The summed E-state index contributed by atoms with van der Waals surface area (Å²) in [5.74, 6) is 0. The topological polar surface area (TPSA) is 49.3 Å². The van der Waals surface area contributed by atoms with Gasteiger partial charge in [0.05, 0.1) is 22.0 Å². The molecule has 4 heteroatoms. The summed E-state index contributed by atoms with van der Waals surface area (Å²) in [4.78, 5) is 10.2. The third-order valence-corrected chi connectivity index (χ3v) is 4.82. The zero-order valence-electron chi connectivity index (χ0n) is 8.42. The minimum Gasteiger partial charge on any atom is -0.354 e. The summed E-state index contributed by atoms with van der Waals surface area (Å²) in [6.07, 6.45) is 0. The van der Waals surface area contributed by atoms with E-state index >= 15 is 0 Å². The lowest BCUT2D eigenvalue weighted by Gasteiger charge is -2.25. The van der Waals surface area contributed by atoms with Gasteiger partial charge in [0.15, 0.2) is 0 Å². The van der Waals surface area contributed by atoms with Crippen LogP contribution in [0.4, 0.5) is 11.4 Å². The van der Waals surface area contributed by atoms with Gasteiger partial charge in [-0.1, -0.05) is 24.3 Å². The average molecular weight is 231 g/mol. The number of anilines is 2. The third kappa shape index (κ3) is 1.22. The lowest BCUT2D eigenvalue weighted by molar-refractivity contribution is 0.501. The Morgan fingerprint density at radius 2 is 1.31 bits per heavy atom. The lowest BCUT2D eigenvalue weighted by atomic mass is 10.2. The van der Waals surface area contributed by atoms with Gasteiger partial charge in [-0.15, -0.1) is 0 Å². The standard InChI is InChI=1S/C12H10NO2P/c14-16(15)11-7-3-1-5-9(11)13-10-6-2-4-8-12(10)16/h1-8,13H,(H,14,15). The Bertz CT molecular complexity index is 560. The molecule has 3 rings (SSSR count). The second-order valence-corrected chi connectivity index (χ2v) is 5.85. The molecular weight excluding hydrogens is 221 g/mol. The van der Waals surface area contributed by atoms with E-state index in [0.717, 1.165) is 0 Å². The molecule has 16 heavy (non-hydrogen) atoms.